The Balaban J connectivity index is 1.37. The number of rotatable bonds is 6. The third kappa shape index (κ3) is 3.87. The second kappa shape index (κ2) is 8.10. The Hall–Kier alpha value is -2.10. The van der Waals surface area contributed by atoms with Crippen molar-refractivity contribution in [3.05, 3.63) is 41.3 Å². The number of piperidine rings is 1. The predicted octanol–water partition coefficient (Wildman–Crippen LogP) is 2.84. The number of benzene rings is 1. The maximum Gasteiger partial charge on any atom is 0.252 e. The summed E-state index contributed by atoms with van der Waals surface area (Å²) in [4.78, 5) is 12.4. The zero-order chi connectivity index (χ0) is 19.6. The largest absolute Gasteiger partial charge is 0.454 e. The smallest absolute Gasteiger partial charge is 0.252 e. The molecule has 1 atom stereocenters. The molecule has 3 heterocycles. The Bertz CT molecular complexity index is 943. The Morgan fingerprint density at radius 3 is 2.89 bits per heavy atom. The van der Waals surface area contributed by atoms with Gasteiger partial charge in [-0.3, -0.25) is 4.79 Å². The summed E-state index contributed by atoms with van der Waals surface area (Å²) >= 11 is 1.24. The van der Waals surface area contributed by atoms with Crippen LogP contribution in [0, 0.1) is 0 Å². The number of carbonyl (C=O) groups excluding carboxylic acids is 1. The highest BCUT2D eigenvalue weighted by Crippen LogP contribution is 2.32. The van der Waals surface area contributed by atoms with Crippen LogP contribution in [0.25, 0.3) is 0 Å². The summed E-state index contributed by atoms with van der Waals surface area (Å²) in [6, 6.07) is 8.36. The first-order valence-electron chi connectivity index (χ1n) is 9.29. The first kappa shape index (κ1) is 19.2. The van der Waals surface area contributed by atoms with E-state index in [4.69, 9.17) is 9.47 Å². The molecule has 1 N–H and O–H groups in total. The Kier molecular flexibility index (Phi) is 5.56. The van der Waals surface area contributed by atoms with Crippen molar-refractivity contribution in [3.63, 3.8) is 0 Å². The molecule has 0 bridgehead atoms. The highest BCUT2D eigenvalue weighted by molar-refractivity contribution is 7.91. The molecule has 9 heteroatoms. The van der Waals surface area contributed by atoms with Gasteiger partial charge in [0.1, 0.15) is 4.21 Å². The molecule has 1 aromatic carbocycles. The Morgan fingerprint density at radius 1 is 1.21 bits per heavy atom. The minimum absolute atomic E-state index is 0.0992. The molecule has 7 nitrogen and oxygen atoms in total. The maximum atomic E-state index is 12.9. The normalized spacial score (nSPS) is 19.5. The van der Waals surface area contributed by atoms with Gasteiger partial charge in [0.25, 0.3) is 15.9 Å². The minimum Gasteiger partial charge on any atom is -0.454 e. The summed E-state index contributed by atoms with van der Waals surface area (Å²) in [6.07, 6.45) is 3.26. The molecule has 1 saturated heterocycles. The number of fused-ring (bicyclic) bond motifs is 1. The maximum absolute atomic E-state index is 12.9. The fourth-order valence-electron chi connectivity index (χ4n) is 3.60. The lowest BCUT2D eigenvalue weighted by atomic mass is 10.0. The molecular formula is C19H22N2O5S2. The summed E-state index contributed by atoms with van der Waals surface area (Å²) in [5.74, 6) is 0.989. The van der Waals surface area contributed by atoms with E-state index in [0.29, 0.717) is 40.8 Å². The second-order valence-corrected chi connectivity index (χ2v) is 9.88. The highest BCUT2D eigenvalue weighted by atomic mass is 32.2. The minimum atomic E-state index is -3.47. The summed E-state index contributed by atoms with van der Waals surface area (Å²) in [6.45, 7) is 1.10. The fourth-order valence-corrected chi connectivity index (χ4v) is 6.44. The number of sulfonamides is 1. The van der Waals surface area contributed by atoms with Crippen LogP contribution in [0.4, 0.5) is 0 Å². The van der Waals surface area contributed by atoms with Crippen LogP contribution < -0.4 is 14.8 Å². The molecule has 28 heavy (non-hydrogen) atoms. The van der Waals surface area contributed by atoms with Crippen LogP contribution in [0.2, 0.25) is 0 Å². The van der Waals surface area contributed by atoms with Gasteiger partial charge >= 0.3 is 0 Å². The van der Waals surface area contributed by atoms with Crippen LogP contribution in [0.5, 0.6) is 11.5 Å². The topological polar surface area (TPSA) is 84.9 Å². The van der Waals surface area contributed by atoms with E-state index in [0.717, 1.165) is 19.3 Å². The average molecular weight is 423 g/mol. The van der Waals surface area contributed by atoms with Crippen LogP contribution in [0.1, 0.15) is 36.0 Å². The molecule has 2 aliphatic heterocycles. The first-order valence-corrected chi connectivity index (χ1v) is 11.6. The molecule has 1 fully saturated rings. The number of hydrogen-bond donors (Lipinski definition) is 1. The Morgan fingerprint density at radius 2 is 2.07 bits per heavy atom. The molecule has 2 aliphatic rings. The summed E-state index contributed by atoms with van der Waals surface area (Å²) in [5.41, 5.74) is 0.496. The predicted molar refractivity (Wildman–Crippen MR) is 105 cm³/mol. The number of ether oxygens (including phenoxy) is 2. The van der Waals surface area contributed by atoms with Crippen molar-refractivity contribution in [3.8, 4) is 11.5 Å². The van der Waals surface area contributed by atoms with Crippen LogP contribution >= 0.6 is 11.3 Å². The van der Waals surface area contributed by atoms with Crippen LogP contribution in [-0.4, -0.2) is 44.6 Å². The van der Waals surface area contributed by atoms with E-state index < -0.39 is 10.0 Å². The third-order valence-electron chi connectivity index (χ3n) is 5.03. The molecule has 1 unspecified atom stereocenters. The van der Waals surface area contributed by atoms with Gasteiger partial charge in [-0.2, -0.15) is 4.31 Å². The van der Waals surface area contributed by atoms with Gasteiger partial charge in [0, 0.05) is 24.7 Å². The summed E-state index contributed by atoms with van der Waals surface area (Å²) in [7, 11) is -3.47. The van der Waals surface area contributed by atoms with E-state index in [2.05, 4.69) is 5.32 Å². The van der Waals surface area contributed by atoms with Gasteiger partial charge in [0.05, 0.1) is 0 Å². The van der Waals surface area contributed by atoms with Crippen LogP contribution in [0.15, 0.2) is 39.9 Å². The van der Waals surface area contributed by atoms with Gasteiger partial charge in [0.2, 0.25) is 6.79 Å². The van der Waals surface area contributed by atoms with E-state index in [-0.39, 0.29) is 18.7 Å². The van der Waals surface area contributed by atoms with Crippen molar-refractivity contribution in [2.24, 2.45) is 0 Å². The van der Waals surface area contributed by atoms with Gasteiger partial charge in [-0.25, -0.2) is 8.42 Å². The van der Waals surface area contributed by atoms with Crippen molar-refractivity contribution >= 4 is 27.3 Å². The molecule has 0 saturated carbocycles. The van der Waals surface area contributed by atoms with E-state index in [1.165, 1.54) is 11.3 Å². The van der Waals surface area contributed by atoms with Crippen molar-refractivity contribution < 1.29 is 22.7 Å². The molecule has 0 radical (unpaired) electrons. The number of thiophene rings is 1. The van der Waals surface area contributed by atoms with Crippen molar-refractivity contribution in [2.75, 3.05) is 19.9 Å². The lowest BCUT2D eigenvalue weighted by Gasteiger charge is -2.34. The number of nitrogens with one attached hydrogen (secondary N) is 1. The molecule has 1 aromatic heterocycles. The second-order valence-electron chi connectivity index (χ2n) is 6.81. The first-order chi connectivity index (χ1) is 13.6. The molecule has 1 amide bonds. The van der Waals surface area contributed by atoms with Gasteiger partial charge in [-0.15, -0.1) is 11.3 Å². The molecule has 0 aliphatic carbocycles. The number of carbonyl (C=O) groups is 1. The summed E-state index contributed by atoms with van der Waals surface area (Å²) in [5, 5.41) is 4.67. The van der Waals surface area contributed by atoms with Crippen molar-refractivity contribution in [2.45, 2.75) is 35.9 Å². The quantitative estimate of drug-likeness (QED) is 0.774. The highest BCUT2D eigenvalue weighted by Gasteiger charge is 2.33. The SMILES string of the molecule is O=C(NCCC1CCCCN1S(=O)(=O)c1cccs1)c1ccc2c(c1)OCO2. The fraction of sp³-hybridized carbons (Fsp3) is 0.421. The zero-order valence-electron chi connectivity index (χ0n) is 15.3. The van der Waals surface area contributed by atoms with E-state index in [1.54, 1.807) is 40.0 Å². The molecule has 2 aromatic rings. The van der Waals surface area contributed by atoms with Crippen LogP contribution in [0.3, 0.4) is 0 Å². The van der Waals surface area contributed by atoms with Crippen molar-refractivity contribution in [1.82, 2.24) is 9.62 Å². The molecule has 0 spiro atoms. The van der Waals surface area contributed by atoms with Gasteiger partial charge in [-0.1, -0.05) is 12.5 Å². The lowest BCUT2D eigenvalue weighted by molar-refractivity contribution is 0.0949. The lowest BCUT2D eigenvalue weighted by Crippen LogP contribution is -2.44. The standard InChI is InChI=1S/C19H22N2O5S2/c22-19(14-6-7-16-17(12-14)26-13-25-16)20-9-8-15-4-1-2-10-21(15)28(23,24)18-5-3-11-27-18/h3,5-7,11-12,15H,1-2,4,8-10,13H2,(H,20,22). The van der Waals surface area contributed by atoms with Gasteiger partial charge < -0.3 is 14.8 Å². The van der Waals surface area contributed by atoms with Gasteiger partial charge in [0.15, 0.2) is 11.5 Å². The third-order valence-corrected chi connectivity index (χ3v) is 8.35. The van der Waals surface area contributed by atoms with Gasteiger partial charge in [-0.05, 0) is 48.9 Å². The average Bonchev–Trinajstić information content (AvgIpc) is 3.39. The molecule has 150 valence electrons. The monoisotopic (exact) mass is 422 g/mol. The van der Waals surface area contributed by atoms with Crippen LogP contribution in [-0.2, 0) is 10.0 Å². The van der Waals surface area contributed by atoms with E-state index in [1.807, 2.05) is 0 Å². The number of amides is 1. The molecule has 4 rings (SSSR count). The number of nitrogens with zero attached hydrogens (tertiary/aromatic N) is 1. The molecular weight excluding hydrogens is 400 g/mol. The number of hydrogen-bond acceptors (Lipinski definition) is 6. The Labute approximate surface area is 168 Å². The summed E-state index contributed by atoms with van der Waals surface area (Å²) < 4.78 is 38.4. The van der Waals surface area contributed by atoms with E-state index >= 15 is 0 Å². The van der Waals surface area contributed by atoms with E-state index in [9.17, 15) is 13.2 Å². The zero-order valence-corrected chi connectivity index (χ0v) is 16.9. The van der Waals surface area contributed by atoms with Crippen molar-refractivity contribution in [1.29, 1.82) is 0 Å².